The molecular weight excluding hydrogens is 538 g/mol. The third kappa shape index (κ3) is 7.72. The van der Waals surface area contributed by atoms with Crippen molar-refractivity contribution in [3.8, 4) is 11.5 Å². The Morgan fingerprint density at radius 1 is 1.09 bits per heavy atom. The summed E-state index contributed by atoms with van der Waals surface area (Å²) >= 11 is 0. The van der Waals surface area contributed by atoms with E-state index in [0.29, 0.717) is 55.7 Å². The van der Waals surface area contributed by atoms with Crippen LogP contribution in [-0.2, 0) is 11.2 Å². The van der Waals surface area contributed by atoms with E-state index in [9.17, 15) is 4.39 Å². The highest BCUT2D eigenvalue weighted by molar-refractivity contribution is 14.0. The van der Waals surface area contributed by atoms with Crippen LogP contribution in [0.25, 0.3) is 0 Å². The Hall–Kier alpha value is -2.11. The van der Waals surface area contributed by atoms with Gasteiger partial charge in [0, 0.05) is 33.2 Å². The van der Waals surface area contributed by atoms with Crippen LogP contribution < -0.4 is 20.1 Å². The van der Waals surface area contributed by atoms with Crippen molar-refractivity contribution in [1.29, 1.82) is 0 Å². The summed E-state index contributed by atoms with van der Waals surface area (Å²) in [6.07, 6.45) is 0.579. The molecule has 182 valence electrons. The summed E-state index contributed by atoms with van der Waals surface area (Å²) in [5, 5.41) is 6.70. The lowest BCUT2D eigenvalue weighted by Crippen LogP contribution is -2.46. The van der Waals surface area contributed by atoms with Crippen LogP contribution in [0.1, 0.15) is 17.2 Å². The molecule has 2 N–H and O–H groups in total. The van der Waals surface area contributed by atoms with Gasteiger partial charge in [-0.25, -0.2) is 4.39 Å². The molecule has 1 aliphatic rings. The minimum absolute atomic E-state index is 0. The number of hydrogen-bond donors (Lipinski definition) is 2. The van der Waals surface area contributed by atoms with E-state index in [2.05, 4.69) is 26.6 Å². The number of hydrogen-bond acceptors (Lipinski definition) is 5. The second kappa shape index (κ2) is 14.2. The maximum Gasteiger partial charge on any atom is 0.191 e. The van der Waals surface area contributed by atoms with E-state index in [1.54, 1.807) is 33.4 Å². The lowest BCUT2D eigenvalue weighted by molar-refractivity contribution is 0.0169. The fourth-order valence-corrected chi connectivity index (χ4v) is 3.84. The minimum atomic E-state index is -0.182. The summed E-state index contributed by atoms with van der Waals surface area (Å²) in [5.41, 5.74) is 1.81. The number of nitrogens with one attached hydrogen (secondary N) is 2. The van der Waals surface area contributed by atoms with E-state index < -0.39 is 0 Å². The first-order valence-electron chi connectivity index (χ1n) is 10.9. The predicted octanol–water partition coefficient (Wildman–Crippen LogP) is 3.24. The van der Waals surface area contributed by atoms with Crippen molar-refractivity contribution in [3.63, 3.8) is 0 Å². The number of nitrogens with zero attached hydrogens (tertiary/aromatic N) is 2. The molecule has 0 spiro atoms. The highest BCUT2D eigenvalue weighted by atomic mass is 127. The fourth-order valence-electron chi connectivity index (χ4n) is 3.84. The van der Waals surface area contributed by atoms with Gasteiger partial charge in [-0.15, -0.1) is 24.0 Å². The van der Waals surface area contributed by atoms with E-state index >= 15 is 0 Å². The van der Waals surface area contributed by atoms with Gasteiger partial charge in [-0.1, -0.05) is 24.3 Å². The first-order valence-corrected chi connectivity index (χ1v) is 10.9. The average molecular weight is 572 g/mol. The maximum atomic E-state index is 13.9. The number of benzene rings is 2. The molecule has 0 aromatic heterocycles. The molecule has 33 heavy (non-hydrogen) atoms. The van der Waals surface area contributed by atoms with Crippen molar-refractivity contribution >= 4 is 29.9 Å². The van der Waals surface area contributed by atoms with Crippen LogP contribution in [0.4, 0.5) is 4.39 Å². The number of methoxy groups -OCH3 is 2. The molecule has 2 aromatic rings. The molecule has 0 bridgehead atoms. The Labute approximate surface area is 212 Å². The SMILES string of the molecule is CN=C(NCCc1ccccc1F)NCC(c1ccc(OC)c(OC)c1)N1CCOCC1.I. The van der Waals surface area contributed by atoms with E-state index in [0.717, 1.165) is 18.7 Å². The van der Waals surface area contributed by atoms with Crippen molar-refractivity contribution in [2.24, 2.45) is 4.99 Å². The molecule has 1 saturated heterocycles. The second-order valence-corrected chi connectivity index (χ2v) is 7.50. The van der Waals surface area contributed by atoms with Crippen LogP contribution in [0.5, 0.6) is 11.5 Å². The van der Waals surface area contributed by atoms with Crippen molar-refractivity contribution < 1.29 is 18.6 Å². The van der Waals surface area contributed by atoms with E-state index in [1.807, 2.05) is 18.2 Å². The molecule has 1 unspecified atom stereocenters. The predicted molar refractivity (Wildman–Crippen MR) is 140 cm³/mol. The molecule has 2 aromatic carbocycles. The van der Waals surface area contributed by atoms with Gasteiger partial charge < -0.3 is 24.8 Å². The van der Waals surface area contributed by atoms with E-state index in [1.165, 1.54) is 6.07 Å². The van der Waals surface area contributed by atoms with Gasteiger partial charge in [-0.3, -0.25) is 9.89 Å². The van der Waals surface area contributed by atoms with Crippen molar-refractivity contribution in [3.05, 3.63) is 59.4 Å². The molecule has 1 fully saturated rings. The zero-order valence-corrected chi connectivity index (χ0v) is 21.8. The number of rotatable bonds is 9. The zero-order valence-electron chi connectivity index (χ0n) is 19.5. The highest BCUT2D eigenvalue weighted by Gasteiger charge is 2.24. The van der Waals surface area contributed by atoms with E-state index in [-0.39, 0.29) is 35.8 Å². The quantitative estimate of drug-likeness (QED) is 0.274. The van der Waals surface area contributed by atoms with Gasteiger partial charge in [0.05, 0.1) is 33.5 Å². The van der Waals surface area contributed by atoms with Crippen LogP contribution >= 0.6 is 24.0 Å². The Balaban J connectivity index is 0.00000385. The smallest absolute Gasteiger partial charge is 0.191 e. The van der Waals surface area contributed by atoms with Gasteiger partial charge in [-0.2, -0.15) is 0 Å². The third-order valence-corrected chi connectivity index (χ3v) is 5.61. The number of morpholine rings is 1. The monoisotopic (exact) mass is 572 g/mol. The fraction of sp³-hybridized carbons (Fsp3) is 0.458. The van der Waals surface area contributed by atoms with Gasteiger partial charge in [0.1, 0.15) is 5.82 Å². The first-order chi connectivity index (χ1) is 15.7. The molecule has 0 amide bonds. The second-order valence-electron chi connectivity index (χ2n) is 7.50. The van der Waals surface area contributed by atoms with Crippen LogP contribution in [0.2, 0.25) is 0 Å². The topological polar surface area (TPSA) is 67.4 Å². The van der Waals surface area contributed by atoms with Gasteiger partial charge >= 0.3 is 0 Å². The van der Waals surface area contributed by atoms with Crippen molar-refractivity contribution in [1.82, 2.24) is 15.5 Å². The average Bonchev–Trinajstić information content (AvgIpc) is 2.84. The lowest BCUT2D eigenvalue weighted by atomic mass is 10.0. The molecule has 1 atom stereocenters. The Bertz CT molecular complexity index is 894. The van der Waals surface area contributed by atoms with Gasteiger partial charge in [0.25, 0.3) is 0 Å². The maximum absolute atomic E-state index is 13.9. The summed E-state index contributed by atoms with van der Waals surface area (Å²) in [6.45, 7) is 4.34. The first kappa shape index (κ1) is 27.1. The molecule has 7 nitrogen and oxygen atoms in total. The highest BCUT2D eigenvalue weighted by Crippen LogP contribution is 2.32. The van der Waals surface area contributed by atoms with E-state index in [4.69, 9.17) is 14.2 Å². The van der Waals surface area contributed by atoms with Gasteiger partial charge in [-0.05, 0) is 35.7 Å². The van der Waals surface area contributed by atoms with Crippen molar-refractivity contribution in [2.45, 2.75) is 12.5 Å². The van der Waals surface area contributed by atoms with Crippen LogP contribution in [-0.4, -0.2) is 71.5 Å². The molecule has 0 aliphatic carbocycles. The number of aliphatic imine (C=N–C) groups is 1. The molecule has 1 aliphatic heterocycles. The molecule has 0 radical (unpaired) electrons. The molecule has 0 saturated carbocycles. The van der Waals surface area contributed by atoms with Crippen LogP contribution in [0.3, 0.4) is 0 Å². The Kier molecular flexibility index (Phi) is 11.7. The van der Waals surface area contributed by atoms with Crippen molar-refractivity contribution in [2.75, 3.05) is 60.7 Å². The number of halogens is 2. The standard InChI is InChI=1S/C24H33FN4O3.HI/c1-26-24(27-11-10-18-6-4-5-7-20(18)25)28-17-21(29-12-14-32-15-13-29)19-8-9-22(30-2)23(16-19)31-3;/h4-9,16,21H,10-15,17H2,1-3H3,(H2,26,27,28);1H. The zero-order chi connectivity index (χ0) is 22.8. The normalized spacial score (nSPS) is 15.3. The summed E-state index contributed by atoms with van der Waals surface area (Å²) in [7, 11) is 5.01. The Morgan fingerprint density at radius 3 is 2.48 bits per heavy atom. The summed E-state index contributed by atoms with van der Waals surface area (Å²) < 4.78 is 30.3. The number of ether oxygens (including phenoxy) is 3. The molecule has 3 rings (SSSR count). The summed E-state index contributed by atoms with van der Waals surface area (Å²) in [6, 6.07) is 13.0. The minimum Gasteiger partial charge on any atom is -0.493 e. The number of guanidine groups is 1. The lowest BCUT2D eigenvalue weighted by Gasteiger charge is -2.35. The van der Waals surface area contributed by atoms with Gasteiger partial charge in [0.2, 0.25) is 0 Å². The molecule has 1 heterocycles. The van der Waals surface area contributed by atoms with Crippen LogP contribution in [0.15, 0.2) is 47.5 Å². The van der Waals surface area contributed by atoms with Gasteiger partial charge in [0.15, 0.2) is 17.5 Å². The largest absolute Gasteiger partial charge is 0.493 e. The summed E-state index contributed by atoms with van der Waals surface area (Å²) in [5.74, 6) is 1.91. The van der Waals surface area contributed by atoms with Crippen LogP contribution in [0, 0.1) is 5.82 Å². The third-order valence-electron chi connectivity index (χ3n) is 5.61. The Morgan fingerprint density at radius 2 is 1.82 bits per heavy atom. The molecule has 9 heteroatoms. The summed E-state index contributed by atoms with van der Waals surface area (Å²) in [4.78, 5) is 6.72. The molecular formula is C24H34FIN4O3.